The Morgan fingerprint density at radius 3 is 1.33 bits per heavy atom. The summed E-state index contributed by atoms with van der Waals surface area (Å²) >= 11 is -5.12. The fourth-order valence-electron chi connectivity index (χ4n) is 0. The van der Waals surface area contributed by atoms with Crippen molar-refractivity contribution in [2.45, 2.75) is 0 Å². The van der Waals surface area contributed by atoms with Crippen molar-refractivity contribution < 1.29 is 39.7 Å². The minimum absolute atomic E-state index is 1.50. The molecular formula is H3MnNO7. The van der Waals surface area contributed by atoms with E-state index in [2.05, 4.69) is 0 Å². The van der Waals surface area contributed by atoms with E-state index in [0.29, 0.717) is 0 Å². The molecule has 0 saturated carbocycles. The van der Waals surface area contributed by atoms with Gasteiger partial charge in [0, 0.05) is 0 Å². The molecule has 0 aliphatic rings. The number of nitrogens with zero attached hydrogens (tertiary/aromatic N) is 1. The summed E-state index contributed by atoms with van der Waals surface area (Å²) in [6.45, 7) is 0. The molecule has 9 heteroatoms. The second-order valence-electron chi connectivity index (χ2n) is 0.652. The summed E-state index contributed by atoms with van der Waals surface area (Å²) in [5.41, 5.74) is 0. The topological polar surface area (TPSA) is 138 Å². The molecule has 0 heterocycles. The van der Waals surface area contributed by atoms with Crippen molar-refractivity contribution in [1.29, 1.82) is 0 Å². The van der Waals surface area contributed by atoms with Gasteiger partial charge in [0.15, 0.2) is 0 Å². The van der Waals surface area contributed by atoms with Crippen molar-refractivity contribution >= 4 is 0 Å². The zero-order valence-electron chi connectivity index (χ0n) is 3.80. The van der Waals surface area contributed by atoms with Crippen LogP contribution in [0.4, 0.5) is 0 Å². The molecule has 0 amide bonds. The fourth-order valence-corrected chi connectivity index (χ4v) is 0. The summed E-state index contributed by atoms with van der Waals surface area (Å²) in [6, 6.07) is 0. The Morgan fingerprint density at radius 1 is 1.33 bits per heavy atom. The van der Waals surface area contributed by atoms with E-state index in [1.54, 1.807) is 0 Å². The molecule has 0 aromatic heterocycles. The van der Waals surface area contributed by atoms with E-state index in [-0.39, 0.29) is 0 Å². The average Bonchev–Trinajstić information content (AvgIpc) is 1.19. The number of hydrogen-bond donors (Lipinski definition) is 3. The number of rotatable bonds is 0. The van der Waals surface area contributed by atoms with E-state index in [0.717, 1.165) is 0 Å². The minimum atomic E-state index is -5.12. The monoisotopic (exact) mass is 184 g/mol. The van der Waals surface area contributed by atoms with Gasteiger partial charge in [-0.1, -0.05) is 0 Å². The van der Waals surface area contributed by atoms with Crippen molar-refractivity contribution in [3.05, 3.63) is 10.1 Å². The molecule has 0 atom stereocenters. The summed E-state index contributed by atoms with van der Waals surface area (Å²) in [7, 11) is 0. The van der Waals surface area contributed by atoms with Crippen molar-refractivity contribution in [3.8, 4) is 0 Å². The molecule has 0 rings (SSSR count). The maximum absolute atomic E-state index is 8.80. The summed E-state index contributed by atoms with van der Waals surface area (Å²) < 4.78 is 31.8. The van der Waals surface area contributed by atoms with Gasteiger partial charge in [-0.3, -0.25) is 0 Å². The van der Waals surface area contributed by atoms with E-state index in [1.807, 2.05) is 0 Å². The van der Waals surface area contributed by atoms with Crippen LogP contribution >= 0.6 is 0 Å². The van der Waals surface area contributed by atoms with Gasteiger partial charge in [-0.25, -0.2) is 0 Å². The van der Waals surface area contributed by atoms with E-state index < -0.39 is 18.5 Å². The average molecular weight is 184 g/mol. The van der Waals surface area contributed by atoms with E-state index in [4.69, 9.17) is 31.4 Å². The van der Waals surface area contributed by atoms with Crippen molar-refractivity contribution in [1.82, 2.24) is 0 Å². The van der Waals surface area contributed by atoms with Crippen LogP contribution in [0.15, 0.2) is 0 Å². The molecule has 8 nitrogen and oxygen atoms in total. The summed E-state index contributed by atoms with van der Waals surface area (Å²) in [5, 5.41) is 13.6. The Bertz CT molecular complexity index is 151. The molecule has 0 aliphatic carbocycles. The van der Waals surface area contributed by atoms with Crippen LogP contribution in [-0.4, -0.2) is 18.7 Å². The van der Waals surface area contributed by atoms with Crippen LogP contribution in [0.25, 0.3) is 0 Å². The van der Waals surface area contributed by atoms with Crippen molar-refractivity contribution in [2.24, 2.45) is 0 Å². The van der Waals surface area contributed by atoms with Gasteiger partial charge in [-0.15, -0.1) is 10.1 Å². The van der Waals surface area contributed by atoms with E-state index in [1.165, 1.54) is 0 Å². The Balaban J connectivity index is 0. The Labute approximate surface area is 50.7 Å². The van der Waals surface area contributed by atoms with Crippen LogP contribution in [0.3, 0.4) is 0 Å². The predicted octanol–water partition coefficient (Wildman–Crippen LogP) is -1.70. The molecule has 9 heavy (non-hydrogen) atoms. The SMILES string of the molecule is O=[N+]([O-])O.[O]=[Mn](=[O])([OH])[OH]. The van der Waals surface area contributed by atoms with Gasteiger partial charge >= 0.3 is 29.4 Å². The van der Waals surface area contributed by atoms with Crippen molar-refractivity contribution in [3.63, 3.8) is 0 Å². The third-order valence-corrected chi connectivity index (χ3v) is 0. The molecule has 0 saturated heterocycles. The Morgan fingerprint density at radius 2 is 1.33 bits per heavy atom. The first-order valence-corrected chi connectivity index (χ1v) is 3.23. The molecule has 57 valence electrons. The summed E-state index contributed by atoms with van der Waals surface area (Å²) in [5.74, 6) is 0. The van der Waals surface area contributed by atoms with Gasteiger partial charge in [0.05, 0.1) is 0 Å². The molecule has 0 bridgehead atoms. The van der Waals surface area contributed by atoms with Crippen LogP contribution in [0.5, 0.6) is 0 Å². The van der Waals surface area contributed by atoms with Gasteiger partial charge in [-0.2, -0.15) is 0 Å². The molecule has 0 aromatic carbocycles. The fraction of sp³-hybridized carbons (Fsp3) is 0. The normalized spacial score (nSPS) is 9.11. The Kier molecular flexibility index (Phi) is 5.12. The van der Waals surface area contributed by atoms with Gasteiger partial charge in [-0.05, 0) is 0 Å². The van der Waals surface area contributed by atoms with Crippen LogP contribution in [0, 0.1) is 10.1 Å². The van der Waals surface area contributed by atoms with Gasteiger partial charge in [0.2, 0.25) is 0 Å². The van der Waals surface area contributed by atoms with Gasteiger partial charge < -0.3 is 5.21 Å². The maximum atomic E-state index is 8.80. The molecule has 0 unspecified atom stereocenters. The first-order chi connectivity index (χ1) is 3.73. The first-order valence-electron chi connectivity index (χ1n) is 1.21. The van der Waals surface area contributed by atoms with Crippen LogP contribution < -0.4 is 0 Å². The van der Waals surface area contributed by atoms with Crippen molar-refractivity contribution in [2.75, 3.05) is 0 Å². The third-order valence-electron chi connectivity index (χ3n) is 0. The standard InChI is InChI=1S/Mn.HNO3.2H2O.2O/c;2-1(3)4;;;;/h;(H,2,3,4);2*1H2;;/q+2;;;;;/p-2. The van der Waals surface area contributed by atoms with Gasteiger partial charge in [0.25, 0.3) is 5.09 Å². The van der Waals surface area contributed by atoms with Crippen LogP contribution in [0.2, 0.25) is 0 Å². The van der Waals surface area contributed by atoms with Gasteiger partial charge in [0.1, 0.15) is 0 Å². The zero-order chi connectivity index (χ0) is 8.08. The molecule has 3 N–H and O–H groups in total. The second kappa shape index (κ2) is 4.15. The molecule has 0 fully saturated rings. The molecule has 0 radical (unpaired) electrons. The summed E-state index contributed by atoms with van der Waals surface area (Å²) in [6.07, 6.45) is 0. The van der Waals surface area contributed by atoms with E-state index in [9.17, 15) is 0 Å². The summed E-state index contributed by atoms with van der Waals surface area (Å²) in [4.78, 5) is 8.36. The van der Waals surface area contributed by atoms with Crippen LogP contribution in [-0.2, 0) is 21.0 Å². The molecular weight excluding hydrogens is 181 g/mol. The second-order valence-corrected chi connectivity index (χ2v) is 1.95. The molecule has 0 spiro atoms. The molecule has 0 aromatic rings. The number of hydrogen-bond acceptors (Lipinski definition) is 4. The Hall–Kier alpha value is -0.761. The van der Waals surface area contributed by atoms with E-state index >= 15 is 0 Å². The molecule has 0 aliphatic heterocycles. The predicted molar refractivity (Wildman–Crippen MR) is 14.6 cm³/mol. The third kappa shape index (κ3) is 344. The quantitative estimate of drug-likeness (QED) is 0.231. The van der Waals surface area contributed by atoms with Crippen LogP contribution in [0.1, 0.15) is 0 Å². The first kappa shape index (κ1) is 11.1. The zero-order valence-corrected chi connectivity index (χ0v) is 4.98.